The minimum absolute atomic E-state index is 0.251. The first-order valence-electron chi connectivity index (χ1n) is 11.5. The molecule has 3 aromatic rings. The second-order valence-electron chi connectivity index (χ2n) is 8.68. The summed E-state index contributed by atoms with van der Waals surface area (Å²) < 4.78 is 11.4. The highest BCUT2D eigenvalue weighted by atomic mass is 16.5. The van der Waals surface area contributed by atoms with E-state index >= 15 is 0 Å². The number of aliphatic hydroxyl groups excluding tert-OH is 1. The van der Waals surface area contributed by atoms with Crippen LogP contribution in [0.4, 0.5) is 0 Å². The molecule has 0 aliphatic carbocycles. The number of aromatic nitrogens is 1. The second kappa shape index (κ2) is 11.4. The van der Waals surface area contributed by atoms with Gasteiger partial charge in [-0.25, -0.2) is 0 Å². The molecule has 4 rings (SSSR count). The van der Waals surface area contributed by atoms with Crippen LogP contribution in [0.2, 0.25) is 0 Å². The molecule has 0 radical (unpaired) electrons. The second-order valence-corrected chi connectivity index (χ2v) is 8.68. The lowest BCUT2D eigenvalue weighted by Crippen LogP contribution is -2.47. The van der Waals surface area contributed by atoms with Crippen molar-refractivity contribution in [1.29, 1.82) is 0 Å². The van der Waals surface area contributed by atoms with Gasteiger partial charge in [0.15, 0.2) is 0 Å². The van der Waals surface area contributed by atoms with Gasteiger partial charge < -0.3 is 24.8 Å². The number of nitrogens with zero attached hydrogens (tertiary/aromatic N) is 3. The Morgan fingerprint density at radius 2 is 1.88 bits per heavy atom. The van der Waals surface area contributed by atoms with Crippen LogP contribution in [0, 0.1) is 0 Å². The lowest BCUT2D eigenvalue weighted by atomic mass is 10.1. The summed E-state index contributed by atoms with van der Waals surface area (Å²) in [4.78, 5) is 9.13. The Kier molecular flexibility index (Phi) is 8.12. The number of fused-ring (bicyclic) bond motifs is 1. The topological polar surface area (TPSA) is 70.1 Å². The van der Waals surface area contributed by atoms with Crippen LogP contribution in [0.5, 0.6) is 11.5 Å². The van der Waals surface area contributed by atoms with Crippen molar-refractivity contribution in [3.63, 3.8) is 0 Å². The van der Waals surface area contributed by atoms with Gasteiger partial charge in [0, 0.05) is 69.0 Å². The molecule has 176 valence electrons. The lowest BCUT2D eigenvalue weighted by molar-refractivity contribution is 0.0501. The highest BCUT2D eigenvalue weighted by Crippen LogP contribution is 2.25. The van der Waals surface area contributed by atoms with Gasteiger partial charge in [-0.15, -0.1) is 0 Å². The molecule has 0 amide bonds. The van der Waals surface area contributed by atoms with Crippen molar-refractivity contribution in [2.45, 2.75) is 19.2 Å². The van der Waals surface area contributed by atoms with Crippen LogP contribution >= 0.6 is 0 Å². The molecule has 7 nitrogen and oxygen atoms in total. The first kappa shape index (κ1) is 23.4. The quantitative estimate of drug-likeness (QED) is 0.492. The number of para-hydroxylation sites is 1. The summed E-state index contributed by atoms with van der Waals surface area (Å²) in [7, 11) is 3.78. The van der Waals surface area contributed by atoms with Gasteiger partial charge in [-0.05, 0) is 30.8 Å². The molecule has 0 saturated carbocycles. The van der Waals surface area contributed by atoms with Gasteiger partial charge >= 0.3 is 0 Å². The predicted molar refractivity (Wildman–Crippen MR) is 131 cm³/mol. The number of nitrogens with one attached hydrogen (secondary N) is 1. The molecular formula is C26H34N4O3. The Hall–Kier alpha value is -2.71. The fraction of sp³-hybridized carbons (Fsp3) is 0.423. The summed E-state index contributed by atoms with van der Waals surface area (Å²) in [6.45, 7) is 6.24. The number of β-amino-alcohol motifs (C(OH)–C–C–N with tert-alkyl or cyclic N) is 1. The average molecular weight is 451 g/mol. The van der Waals surface area contributed by atoms with E-state index in [1.165, 1.54) is 0 Å². The van der Waals surface area contributed by atoms with Crippen LogP contribution in [0.15, 0.2) is 54.7 Å². The van der Waals surface area contributed by atoms with Crippen molar-refractivity contribution >= 4 is 10.9 Å². The third-order valence-electron chi connectivity index (χ3n) is 6.06. The van der Waals surface area contributed by atoms with E-state index in [0.29, 0.717) is 19.6 Å². The number of methoxy groups -OCH3 is 1. The monoisotopic (exact) mass is 450 g/mol. The van der Waals surface area contributed by atoms with E-state index < -0.39 is 6.10 Å². The van der Waals surface area contributed by atoms with E-state index in [4.69, 9.17) is 9.47 Å². The summed E-state index contributed by atoms with van der Waals surface area (Å²) in [6.07, 6.45) is 1.37. The Bertz CT molecular complexity index is 1040. The summed E-state index contributed by atoms with van der Waals surface area (Å²) in [6, 6.07) is 16.1. The van der Waals surface area contributed by atoms with E-state index in [9.17, 15) is 5.11 Å². The number of benzene rings is 2. The third-order valence-corrected chi connectivity index (χ3v) is 6.06. The first-order valence-corrected chi connectivity index (χ1v) is 11.5. The Morgan fingerprint density at radius 3 is 2.70 bits per heavy atom. The van der Waals surface area contributed by atoms with Gasteiger partial charge in [0.2, 0.25) is 0 Å². The van der Waals surface area contributed by atoms with Crippen molar-refractivity contribution in [3.05, 3.63) is 65.9 Å². The normalized spacial score (nSPS) is 16.1. The fourth-order valence-corrected chi connectivity index (χ4v) is 4.06. The smallest absolute Gasteiger partial charge is 0.127 e. The van der Waals surface area contributed by atoms with E-state index in [0.717, 1.165) is 59.7 Å². The van der Waals surface area contributed by atoms with Gasteiger partial charge in [0.25, 0.3) is 0 Å². The largest absolute Gasteiger partial charge is 0.497 e. The van der Waals surface area contributed by atoms with Crippen LogP contribution < -0.4 is 14.8 Å². The van der Waals surface area contributed by atoms with E-state index in [1.807, 2.05) is 42.6 Å². The number of aliphatic hydroxyl groups is 1. The average Bonchev–Trinajstić information content (AvgIpc) is 2.84. The van der Waals surface area contributed by atoms with Gasteiger partial charge in [-0.1, -0.05) is 24.3 Å². The SMILES string of the molecule is COc1ccc(CNCc2cnc3ccccc3c2)c(OCC(O)CN2CCN(C)CC2)c1. The van der Waals surface area contributed by atoms with Crippen molar-refractivity contribution in [2.75, 3.05) is 53.5 Å². The fourth-order valence-electron chi connectivity index (χ4n) is 4.06. The number of pyridine rings is 1. The highest BCUT2D eigenvalue weighted by Gasteiger charge is 2.18. The molecule has 0 bridgehead atoms. The molecule has 1 unspecified atom stereocenters. The molecule has 2 N–H and O–H groups in total. The van der Waals surface area contributed by atoms with Gasteiger partial charge in [0.05, 0.1) is 12.6 Å². The molecule has 1 atom stereocenters. The maximum Gasteiger partial charge on any atom is 0.127 e. The Labute approximate surface area is 195 Å². The number of likely N-dealkylation sites (N-methyl/N-ethyl adjacent to an activating group) is 1. The number of hydrogen-bond acceptors (Lipinski definition) is 7. The Balaban J connectivity index is 1.32. The number of ether oxygens (including phenoxy) is 2. The van der Waals surface area contributed by atoms with Gasteiger partial charge in [0.1, 0.15) is 24.2 Å². The summed E-state index contributed by atoms with van der Waals surface area (Å²) in [5, 5.41) is 15.1. The van der Waals surface area contributed by atoms with Crippen LogP contribution in [0.25, 0.3) is 10.9 Å². The van der Waals surface area contributed by atoms with Gasteiger partial charge in [-0.3, -0.25) is 9.88 Å². The van der Waals surface area contributed by atoms with Crippen molar-refractivity contribution in [1.82, 2.24) is 20.1 Å². The van der Waals surface area contributed by atoms with E-state index in [1.54, 1.807) is 7.11 Å². The minimum atomic E-state index is -0.538. The minimum Gasteiger partial charge on any atom is -0.497 e. The molecule has 1 aliphatic heterocycles. The third kappa shape index (κ3) is 6.65. The molecule has 33 heavy (non-hydrogen) atoms. The molecule has 1 aromatic heterocycles. The maximum atomic E-state index is 10.5. The Morgan fingerprint density at radius 1 is 1.06 bits per heavy atom. The highest BCUT2D eigenvalue weighted by molar-refractivity contribution is 5.78. The first-order chi connectivity index (χ1) is 16.1. The van der Waals surface area contributed by atoms with E-state index in [-0.39, 0.29) is 6.61 Å². The predicted octanol–water partition coefficient (Wildman–Crippen LogP) is 2.52. The number of rotatable bonds is 10. The summed E-state index contributed by atoms with van der Waals surface area (Å²) in [5.74, 6) is 1.47. The molecule has 2 aromatic carbocycles. The number of piperazine rings is 1. The molecule has 1 aliphatic rings. The molecule has 1 saturated heterocycles. The molecule has 1 fully saturated rings. The number of hydrogen-bond donors (Lipinski definition) is 2. The van der Waals surface area contributed by atoms with E-state index in [2.05, 4.69) is 39.3 Å². The molecule has 7 heteroatoms. The van der Waals surface area contributed by atoms with Crippen LogP contribution in [0.1, 0.15) is 11.1 Å². The molecule has 2 heterocycles. The van der Waals surface area contributed by atoms with Crippen LogP contribution in [0.3, 0.4) is 0 Å². The van der Waals surface area contributed by atoms with Crippen LogP contribution in [-0.2, 0) is 13.1 Å². The zero-order chi connectivity index (χ0) is 23.0. The lowest BCUT2D eigenvalue weighted by Gasteiger charge is -2.33. The van der Waals surface area contributed by atoms with Crippen molar-refractivity contribution in [2.24, 2.45) is 0 Å². The zero-order valence-corrected chi connectivity index (χ0v) is 19.5. The maximum absolute atomic E-state index is 10.5. The zero-order valence-electron chi connectivity index (χ0n) is 19.5. The van der Waals surface area contributed by atoms with Crippen molar-refractivity contribution in [3.8, 4) is 11.5 Å². The standard InChI is InChI=1S/C26H34N4O3/c1-29-9-11-30(12-10-29)18-23(31)19-33-26-14-24(32-2)8-7-22(26)17-27-15-20-13-21-5-3-4-6-25(21)28-16-20/h3-8,13-14,16,23,27,31H,9-12,15,17-19H2,1-2H3. The van der Waals surface area contributed by atoms with Gasteiger partial charge in [-0.2, -0.15) is 0 Å². The molecular weight excluding hydrogens is 416 g/mol. The summed E-state index contributed by atoms with van der Waals surface area (Å²) >= 11 is 0. The van der Waals surface area contributed by atoms with Crippen molar-refractivity contribution < 1.29 is 14.6 Å². The summed E-state index contributed by atoms with van der Waals surface area (Å²) in [5.41, 5.74) is 3.16. The van der Waals surface area contributed by atoms with Crippen LogP contribution in [-0.4, -0.2) is 79.5 Å². The molecule has 0 spiro atoms.